The lowest BCUT2D eigenvalue weighted by Gasteiger charge is -2.29. The summed E-state index contributed by atoms with van der Waals surface area (Å²) < 4.78 is 21.0. The Kier molecular flexibility index (Phi) is 10.4. The number of carbonyl (C=O) groups excluding carboxylic acids is 1. The van der Waals surface area contributed by atoms with Gasteiger partial charge >= 0.3 is 0 Å². The molecule has 124 valence electrons. The standard InChI is InChI=1S/C14H28N2O5/c1-16-5-7-21-13(12-16)14(17)15-4-3-6-19-10-11-20-9-8-18-2/h13H,3-12H2,1-2H3,(H,15,17)/t13-/m0/s1. The van der Waals surface area contributed by atoms with Gasteiger partial charge < -0.3 is 29.2 Å². The Labute approximate surface area is 126 Å². The Morgan fingerprint density at radius 3 is 2.67 bits per heavy atom. The third kappa shape index (κ3) is 9.00. The topological polar surface area (TPSA) is 69.3 Å². The normalized spacial score (nSPS) is 19.6. The monoisotopic (exact) mass is 304 g/mol. The summed E-state index contributed by atoms with van der Waals surface area (Å²) >= 11 is 0. The van der Waals surface area contributed by atoms with E-state index in [-0.39, 0.29) is 12.0 Å². The molecule has 1 N–H and O–H groups in total. The number of carbonyl (C=O) groups is 1. The number of ether oxygens (including phenoxy) is 4. The van der Waals surface area contributed by atoms with E-state index in [4.69, 9.17) is 18.9 Å². The molecule has 0 unspecified atom stereocenters. The summed E-state index contributed by atoms with van der Waals surface area (Å²) in [5.74, 6) is -0.0375. The van der Waals surface area contributed by atoms with Crippen LogP contribution in [0, 0.1) is 0 Å². The molecule has 1 aliphatic heterocycles. The van der Waals surface area contributed by atoms with Gasteiger partial charge in [0, 0.05) is 33.4 Å². The number of nitrogens with zero attached hydrogens (tertiary/aromatic N) is 1. The van der Waals surface area contributed by atoms with Crippen molar-refractivity contribution < 1.29 is 23.7 Å². The molecule has 1 rings (SSSR count). The number of likely N-dealkylation sites (N-methyl/N-ethyl adjacent to an activating group) is 1. The zero-order chi connectivity index (χ0) is 15.3. The molecule has 7 nitrogen and oxygen atoms in total. The van der Waals surface area contributed by atoms with Crippen LogP contribution < -0.4 is 5.32 Å². The van der Waals surface area contributed by atoms with E-state index in [9.17, 15) is 4.79 Å². The fraction of sp³-hybridized carbons (Fsp3) is 0.929. The van der Waals surface area contributed by atoms with Crippen molar-refractivity contribution >= 4 is 5.91 Å². The summed E-state index contributed by atoms with van der Waals surface area (Å²) in [7, 11) is 3.63. The molecule has 0 aromatic carbocycles. The summed E-state index contributed by atoms with van der Waals surface area (Å²) in [6, 6.07) is 0. The Bertz CT molecular complexity index is 278. The van der Waals surface area contributed by atoms with Crippen LogP contribution in [0.3, 0.4) is 0 Å². The van der Waals surface area contributed by atoms with E-state index < -0.39 is 0 Å². The van der Waals surface area contributed by atoms with Gasteiger partial charge in [-0.15, -0.1) is 0 Å². The van der Waals surface area contributed by atoms with Crippen LogP contribution >= 0.6 is 0 Å². The van der Waals surface area contributed by atoms with Crippen molar-refractivity contribution in [3.05, 3.63) is 0 Å². The number of hydrogen-bond acceptors (Lipinski definition) is 6. The van der Waals surface area contributed by atoms with Crippen LogP contribution in [0.15, 0.2) is 0 Å². The predicted molar refractivity (Wildman–Crippen MR) is 78.4 cm³/mol. The summed E-state index contributed by atoms with van der Waals surface area (Å²) in [4.78, 5) is 13.9. The van der Waals surface area contributed by atoms with Crippen molar-refractivity contribution in [3.63, 3.8) is 0 Å². The van der Waals surface area contributed by atoms with Gasteiger partial charge in [0.2, 0.25) is 5.91 Å². The maximum Gasteiger partial charge on any atom is 0.250 e. The summed E-state index contributed by atoms with van der Waals surface area (Å²) in [5, 5.41) is 2.87. The molecule has 0 aromatic rings. The van der Waals surface area contributed by atoms with Gasteiger partial charge in [-0.05, 0) is 13.5 Å². The second kappa shape index (κ2) is 11.9. The van der Waals surface area contributed by atoms with Gasteiger partial charge in [-0.25, -0.2) is 0 Å². The van der Waals surface area contributed by atoms with Crippen LogP contribution in [0.1, 0.15) is 6.42 Å². The minimum Gasteiger partial charge on any atom is -0.382 e. The van der Waals surface area contributed by atoms with Crippen LogP contribution in [-0.2, 0) is 23.7 Å². The molecule has 1 saturated heterocycles. The highest BCUT2D eigenvalue weighted by Gasteiger charge is 2.24. The maximum absolute atomic E-state index is 11.8. The van der Waals surface area contributed by atoms with Crippen molar-refractivity contribution in [2.45, 2.75) is 12.5 Å². The lowest BCUT2D eigenvalue weighted by atomic mass is 10.2. The van der Waals surface area contributed by atoms with Crippen molar-refractivity contribution in [3.8, 4) is 0 Å². The highest BCUT2D eigenvalue weighted by molar-refractivity contribution is 5.81. The number of methoxy groups -OCH3 is 1. The maximum atomic E-state index is 11.8. The fourth-order valence-corrected chi connectivity index (χ4v) is 1.90. The fourth-order valence-electron chi connectivity index (χ4n) is 1.90. The smallest absolute Gasteiger partial charge is 0.250 e. The average molecular weight is 304 g/mol. The quantitative estimate of drug-likeness (QED) is 0.519. The molecular weight excluding hydrogens is 276 g/mol. The molecule has 1 amide bonds. The van der Waals surface area contributed by atoms with E-state index >= 15 is 0 Å². The predicted octanol–water partition coefficient (Wildman–Crippen LogP) is -0.497. The number of rotatable bonds is 11. The van der Waals surface area contributed by atoms with Crippen molar-refractivity contribution in [2.24, 2.45) is 0 Å². The van der Waals surface area contributed by atoms with Gasteiger partial charge in [0.05, 0.1) is 33.0 Å². The first-order valence-corrected chi connectivity index (χ1v) is 7.46. The zero-order valence-corrected chi connectivity index (χ0v) is 13.1. The molecule has 0 bridgehead atoms. The number of morpholine rings is 1. The van der Waals surface area contributed by atoms with Gasteiger partial charge in [-0.1, -0.05) is 0 Å². The first-order valence-electron chi connectivity index (χ1n) is 7.46. The summed E-state index contributed by atoms with van der Waals surface area (Å²) in [6.45, 7) is 5.68. The first-order chi connectivity index (χ1) is 10.2. The molecule has 7 heteroatoms. The Morgan fingerprint density at radius 2 is 1.95 bits per heavy atom. The Hall–Kier alpha value is -0.730. The number of hydrogen-bond donors (Lipinski definition) is 1. The van der Waals surface area contributed by atoms with E-state index in [1.807, 2.05) is 7.05 Å². The molecule has 1 aliphatic rings. The molecule has 1 fully saturated rings. The molecule has 0 radical (unpaired) electrons. The minimum atomic E-state index is -0.348. The third-order valence-electron chi connectivity index (χ3n) is 3.13. The molecular formula is C14H28N2O5. The largest absolute Gasteiger partial charge is 0.382 e. The van der Waals surface area contributed by atoms with E-state index in [1.165, 1.54) is 0 Å². The molecule has 1 atom stereocenters. The van der Waals surface area contributed by atoms with E-state index in [0.717, 1.165) is 13.0 Å². The van der Waals surface area contributed by atoms with Gasteiger partial charge in [0.25, 0.3) is 0 Å². The van der Waals surface area contributed by atoms with E-state index in [2.05, 4.69) is 10.2 Å². The Morgan fingerprint density at radius 1 is 1.24 bits per heavy atom. The number of amides is 1. The second-order valence-corrected chi connectivity index (χ2v) is 4.98. The lowest BCUT2D eigenvalue weighted by Crippen LogP contribution is -2.48. The highest BCUT2D eigenvalue weighted by Crippen LogP contribution is 2.02. The molecule has 0 aliphatic carbocycles. The Balaban J connectivity index is 1.88. The van der Waals surface area contributed by atoms with Gasteiger partial charge in [-0.3, -0.25) is 4.79 Å². The average Bonchev–Trinajstić information content (AvgIpc) is 2.49. The van der Waals surface area contributed by atoms with E-state index in [0.29, 0.717) is 52.7 Å². The van der Waals surface area contributed by atoms with Gasteiger partial charge in [0.15, 0.2) is 0 Å². The van der Waals surface area contributed by atoms with Crippen molar-refractivity contribution in [1.82, 2.24) is 10.2 Å². The van der Waals surface area contributed by atoms with E-state index in [1.54, 1.807) is 7.11 Å². The SMILES string of the molecule is COCCOCCOCCCNC(=O)[C@@H]1CN(C)CCO1. The van der Waals surface area contributed by atoms with Gasteiger partial charge in [-0.2, -0.15) is 0 Å². The van der Waals surface area contributed by atoms with Crippen LogP contribution in [0.25, 0.3) is 0 Å². The summed E-state index contributed by atoms with van der Waals surface area (Å²) in [6.07, 6.45) is 0.436. The first kappa shape index (κ1) is 18.3. The summed E-state index contributed by atoms with van der Waals surface area (Å²) in [5.41, 5.74) is 0. The minimum absolute atomic E-state index is 0.0375. The molecule has 0 saturated carbocycles. The lowest BCUT2D eigenvalue weighted by molar-refractivity contribution is -0.137. The molecule has 21 heavy (non-hydrogen) atoms. The third-order valence-corrected chi connectivity index (χ3v) is 3.13. The van der Waals surface area contributed by atoms with Crippen LogP contribution in [-0.4, -0.2) is 90.3 Å². The molecule has 0 aromatic heterocycles. The highest BCUT2D eigenvalue weighted by atomic mass is 16.5. The zero-order valence-electron chi connectivity index (χ0n) is 13.1. The number of nitrogens with one attached hydrogen (secondary N) is 1. The van der Waals surface area contributed by atoms with Crippen molar-refractivity contribution in [2.75, 3.05) is 73.4 Å². The van der Waals surface area contributed by atoms with Crippen molar-refractivity contribution in [1.29, 1.82) is 0 Å². The van der Waals surface area contributed by atoms with Gasteiger partial charge in [0.1, 0.15) is 6.10 Å². The van der Waals surface area contributed by atoms with Crippen LogP contribution in [0.2, 0.25) is 0 Å². The van der Waals surface area contributed by atoms with Crippen LogP contribution in [0.5, 0.6) is 0 Å². The molecule has 0 spiro atoms. The van der Waals surface area contributed by atoms with Crippen LogP contribution in [0.4, 0.5) is 0 Å². The second-order valence-electron chi connectivity index (χ2n) is 4.98. The molecule has 1 heterocycles.